The molecule has 4 heteroatoms. The van der Waals surface area contributed by atoms with Crippen molar-refractivity contribution in [2.24, 2.45) is 0 Å². The van der Waals surface area contributed by atoms with Crippen molar-refractivity contribution in [3.8, 4) is 0 Å². The zero-order valence-corrected chi connectivity index (χ0v) is 14.6. The third kappa shape index (κ3) is 3.07. The van der Waals surface area contributed by atoms with Crippen molar-refractivity contribution in [1.29, 1.82) is 0 Å². The van der Waals surface area contributed by atoms with Crippen molar-refractivity contribution in [2.45, 2.75) is 51.6 Å². The Balaban J connectivity index is 2.32. The van der Waals surface area contributed by atoms with Crippen LogP contribution in [0.3, 0.4) is 0 Å². The van der Waals surface area contributed by atoms with E-state index < -0.39 is 0 Å². The highest BCUT2D eigenvalue weighted by Gasteiger charge is 2.40. The molecule has 1 aliphatic heterocycles. The maximum Gasteiger partial charge on any atom is 0.0523 e. The normalized spacial score (nSPS) is 21.5. The van der Waals surface area contributed by atoms with E-state index in [0.29, 0.717) is 6.04 Å². The molecule has 0 saturated carbocycles. The van der Waals surface area contributed by atoms with Gasteiger partial charge in [0.25, 0.3) is 0 Å². The second kappa shape index (κ2) is 6.70. The van der Waals surface area contributed by atoms with E-state index in [0.717, 1.165) is 6.54 Å². The van der Waals surface area contributed by atoms with Gasteiger partial charge in [-0.25, -0.2) is 0 Å². The van der Waals surface area contributed by atoms with Crippen LogP contribution in [0.5, 0.6) is 0 Å². The average Bonchev–Trinajstić information content (AvgIpc) is 3.06. The van der Waals surface area contributed by atoms with E-state index >= 15 is 0 Å². The lowest BCUT2D eigenvalue weighted by Crippen LogP contribution is -2.53. The molecule has 0 amide bonds. The van der Waals surface area contributed by atoms with Gasteiger partial charge in [-0.1, -0.05) is 13.8 Å². The molecule has 1 aromatic heterocycles. The lowest BCUT2D eigenvalue weighted by molar-refractivity contribution is 0.0845. The number of thiophene rings is 1. The van der Waals surface area contributed by atoms with E-state index in [2.05, 4.69) is 57.7 Å². The molecule has 1 fully saturated rings. The lowest BCUT2D eigenvalue weighted by atomic mass is 9.84. The van der Waals surface area contributed by atoms with Gasteiger partial charge in [-0.05, 0) is 72.7 Å². The Labute approximate surface area is 129 Å². The van der Waals surface area contributed by atoms with Gasteiger partial charge >= 0.3 is 0 Å². The van der Waals surface area contributed by atoms with Gasteiger partial charge in [0.05, 0.1) is 6.04 Å². The summed E-state index contributed by atoms with van der Waals surface area (Å²) in [6, 6.07) is 0.404. The summed E-state index contributed by atoms with van der Waals surface area (Å²) in [6.07, 6.45) is 3.87. The van der Waals surface area contributed by atoms with E-state index in [1.807, 2.05) is 0 Å². The highest BCUT2D eigenvalue weighted by atomic mass is 79.9. The minimum atomic E-state index is 0.204. The molecule has 0 radical (unpaired) electrons. The molecular weight excluding hydrogens is 320 g/mol. The first-order valence-corrected chi connectivity index (χ1v) is 9.07. The molecule has 19 heavy (non-hydrogen) atoms. The molecule has 108 valence electrons. The first-order chi connectivity index (χ1) is 9.13. The zero-order chi connectivity index (χ0) is 13.9. The summed E-state index contributed by atoms with van der Waals surface area (Å²) >= 11 is 5.50. The van der Waals surface area contributed by atoms with Crippen LogP contribution in [0.1, 0.15) is 51.6 Å². The first kappa shape index (κ1) is 15.5. The summed E-state index contributed by atoms with van der Waals surface area (Å²) in [6.45, 7) is 10.4. The molecule has 2 nitrogen and oxygen atoms in total. The van der Waals surface area contributed by atoms with Crippen molar-refractivity contribution in [2.75, 3.05) is 19.6 Å². The van der Waals surface area contributed by atoms with Crippen LogP contribution < -0.4 is 5.32 Å². The van der Waals surface area contributed by atoms with Crippen LogP contribution in [0.4, 0.5) is 0 Å². The Morgan fingerprint density at radius 2 is 2.05 bits per heavy atom. The molecule has 1 N–H and O–H groups in total. The highest BCUT2D eigenvalue weighted by molar-refractivity contribution is 9.10. The molecule has 0 bridgehead atoms. The number of likely N-dealkylation sites (tertiary alicyclic amines) is 1. The summed E-state index contributed by atoms with van der Waals surface area (Å²) in [5.41, 5.74) is 1.62. The van der Waals surface area contributed by atoms with Crippen molar-refractivity contribution < 1.29 is 0 Å². The van der Waals surface area contributed by atoms with E-state index in [1.165, 1.54) is 42.4 Å². The summed E-state index contributed by atoms with van der Waals surface area (Å²) in [5, 5.41) is 8.22. The number of nitrogens with zero attached hydrogens (tertiary/aromatic N) is 1. The van der Waals surface area contributed by atoms with Gasteiger partial charge in [-0.2, -0.15) is 11.3 Å². The van der Waals surface area contributed by atoms with Crippen LogP contribution in [0.2, 0.25) is 0 Å². The number of likely N-dealkylation sites (N-methyl/N-ethyl adjacent to an activating group) is 1. The van der Waals surface area contributed by atoms with Gasteiger partial charge in [-0.15, -0.1) is 0 Å². The van der Waals surface area contributed by atoms with Gasteiger partial charge < -0.3 is 5.32 Å². The summed E-state index contributed by atoms with van der Waals surface area (Å²) < 4.78 is 1.25. The van der Waals surface area contributed by atoms with Gasteiger partial charge in [0, 0.05) is 15.4 Å². The Bertz CT molecular complexity index is 401. The Morgan fingerprint density at radius 3 is 2.53 bits per heavy atom. The highest BCUT2D eigenvalue weighted by Crippen LogP contribution is 2.40. The van der Waals surface area contributed by atoms with E-state index in [1.54, 1.807) is 11.3 Å². The van der Waals surface area contributed by atoms with E-state index in [-0.39, 0.29) is 5.54 Å². The van der Waals surface area contributed by atoms with Gasteiger partial charge in [-0.3, -0.25) is 4.90 Å². The third-order valence-corrected chi connectivity index (χ3v) is 6.28. The fourth-order valence-electron chi connectivity index (χ4n) is 3.20. The Kier molecular flexibility index (Phi) is 5.46. The summed E-state index contributed by atoms with van der Waals surface area (Å²) in [4.78, 5) is 2.68. The van der Waals surface area contributed by atoms with Gasteiger partial charge in [0.1, 0.15) is 0 Å². The fraction of sp³-hybridized carbons (Fsp3) is 0.733. The molecule has 2 atom stereocenters. The van der Waals surface area contributed by atoms with Crippen LogP contribution in [0, 0.1) is 0 Å². The molecule has 2 heterocycles. The maximum atomic E-state index is 3.73. The van der Waals surface area contributed by atoms with Crippen LogP contribution in [0.15, 0.2) is 15.2 Å². The van der Waals surface area contributed by atoms with Crippen molar-refractivity contribution in [1.82, 2.24) is 10.2 Å². The maximum absolute atomic E-state index is 3.73. The summed E-state index contributed by atoms with van der Waals surface area (Å²) in [5.74, 6) is 0. The molecule has 1 saturated heterocycles. The van der Waals surface area contributed by atoms with Crippen LogP contribution in [-0.2, 0) is 0 Å². The third-order valence-electron chi connectivity index (χ3n) is 4.53. The number of hydrogen-bond acceptors (Lipinski definition) is 3. The Hall–Kier alpha value is 0.1000. The lowest BCUT2D eigenvalue weighted by Gasteiger charge is -2.45. The molecular formula is C15H25BrN2S. The second-order valence-corrected chi connectivity index (χ2v) is 7.17. The predicted octanol–water partition coefficient (Wildman–Crippen LogP) is 4.43. The monoisotopic (exact) mass is 344 g/mol. The first-order valence-electron chi connectivity index (χ1n) is 7.33. The van der Waals surface area contributed by atoms with Gasteiger partial charge in [0.2, 0.25) is 0 Å². The smallest absolute Gasteiger partial charge is 0.0523 e. The van der Waals surface area contributed by atoms with E-state index in [9.17, 15) is 0 Å². The summed E-state index contributed by atoms with van der Waals surface area (Å²) in [7, 11) is 0. The van der Waals surface area contributed by atoms with Crippen LogP contribution in [-0.4, -0.2) is 30.1 Å². The van der Waals surface area contributed by atoms with Crippen LogP contribution >= 0.6 is 27.3 Å². The quantitative estimate of drug-likeness (QED) is 0.821. The fourth-order valence-corrected chi connectivity index (χ4v) is 4.76. The largest absolute Gasteiger partial charge is 0.309 e. The number of nitrogens with one attached hydrogen (secondary N) is 1. The van der Waals surface area contributed by atoms with Crippen molar-refractivity contribution >= 4 is 27.3 Å². The molecule has 0 spiro atoms. The number of halogens is 1. The molecule has 2 rings (SSSR count). The predicted molar refractivity (Wildman–Crippen MR) is 87.9 cm³/mol. The van der Waals surface area contributed by atoms with E-state index in [4.69, 9.17) is 0 Å². The second-order valence-electron chi connectivity index (χ2n) is 5.57. The minimum absolute atomic E-state index is 0.204. The topological polar surface area (TPSA) is 15.3 Å². The van der Waals surface area contributed by atoms with Crippen molar-refractivity contribution in [3.05, 3.63) is 20.8 Å². The number of rotatable bonds is 6. The van der Waals surface area contributed by atoms with Gasteiger partial charge in [0.15, 0.2) is 0 Å². The standard InChI is InChI=1S/C15H25BrN2S/c1-4-15(3,18-8-6-7-9-18)14(17-5-2)12-10-19-11-13(12)16/h10-11,14,17H,4-9H2,1-3H3. The Morgan fingerprint density at radius 1 is 1.37 bits per heavy atom. The van der Waals surface area contributed by atoms with Crippen molar-refractivity contribution in [3.63, 3.8) is 0 Å². The molecule has 0 aromatic carbocycles. The molecule has 2 unspecified atom stereocenters. The average molecular weight is 345 g/mol. The molecule has 1 aliphatic rings. The SMILES string of the molecule is CCNC(c1cscc1Br)C(C)(CC)N1CCCC1. The molecule has 0 aliphatic carbocycles. The minimum Gasteiger partial charge on any atom is -0.309 e. The number of hydrogen-bond donors (Lipinski definition) is 1. The molecule has 1 aromatic rings. The van der Waals surface area contributed by atoms with Crippen LogP contribution in [0.25, 0.3) is 0 Å². The zero-order valence-electron chi connectivity index (χ0n) is 12.2.